The molecule has 1 N–H and O–H groups in total. The van der Waals surface area contributed by atoms with E-state index in [9.17, 15) is 9.59 Å². The van der Waals surface area contributed by atoms with Crippen LogP contribution < -0.4 is 20.5 Å². The second-order valence-corrected chi connectivity index (χ2v) is 10.7. The molecule has 0 radical (unpaired) electrons. The van der Waals surface area contributed by atoms with Gasteiger partial charge in [-0.15, -0.1) is 0 Å². The third kappa shape index (κ3) is 7.03. The van der Waals surface area contributed by atoms with Crippen LogP contribution in [0.3, 0.4) is 0 Å². The van der Waals surface area contributed by atoms with E-state index >= 15 is 0 Å². The van der Waals surface area contributed by atoms with Crippen molar-refractivity contribution in [1.29, 1.82) is 0 Å². The third-order valence-electron chi connectivity index (χ3n) is 5.99. The monoisotopic (exact) mass is 628 g/mol. The molecular weight excluding hydrogens is 604 g/mol. The number of hydrogen-bond acceptors (Lipinski definition) is 7. The third-order valence-corrected chi connectivity index (χ3v) is 7.46. The quantitative estimate of drug-likeness (QED) is 0.0885. The van der Waals surface area contributed by atoms with Gasteiger partial charge in [0.1, 0.15) is 6.61 Å². The average Bonchev–Trinajstić information content (AvgIpc) is 3.00. The molecule has 0 aliphatic carbocycles. The highest BCUT2D eigenvalue weighted by Crippen LogP contribution is 2.28. The summed E-state index contributed by atoms with van der Waals surface area (Å²) in [4.78, 5) is 30.7. The Balaban J connectivity index is 1.25. The van der Waals surface area contributed by atoms with E-state index in [0.29, 0.717) is 39.9 Å². The normalized spacial score (nSPS) is 11.1. The number of nitrogens with zero attached hydrogens (tertiary/aromatic N) is 3. The van der Waals surface area contributed by atoms with Crippen LogP contribution in [-0.2, 0) is 11.4 Å². The molecule has 206 valence electrons. The number of carbonyl (C=O) groups excluding carboxylic acids is 1. The fourth-order valence-corrected chi connectivity index (χ4v) is 5.06. The van der Waals surface area contributed by atoms with Gasteiger partial charge in [-0.05, 0) is 65.7 Å². The molecule has 5 rings (SSSR count). The molecule has 0 aliphatic heterocycles. The maximum atomic E-state index is 13.4. The minimum absolute atomic E-state index is 0.00817. The van der Waals surface area contributed by atoms with Gasteiger partial charge < -0.3 is 9.47 Å². The van der Waals surface area contributed by atoms with Crippen molar-refractivity contribution in [2.75, 3.05) is 12.9 Å². The summed E-state index contributed by atoms with van der Waals surface area (Å²) in [5, 5.41) is 4.99. The van der Waals surface area contributed by atoms with E-state index in [2.05, 4.69) is 31.4 Å². The summed E-state index contributed by atoms with van der Waals surface area (Å²) in [6, 6.07) is 29.8. The van der Waals surface area contributed by atoms with Crippen molar-refractivity contribution in [2.24, 2.45) is 5.10 Å². The smallest absolute Gasteiger partial charge is 0.266 e. The van der Waals surface area contributed by atoms with Crippen molar-refractivity contribution in [1.82, 2.24) is 15.0 Å². The molecule has 0 atom stereocenters. The number of aromatic nitrogens is 2. The predicted molar refractivity (Wildman–Crippen MR) is 165 cm³/mol. The van der Waals surface area contributed by atoms with Crippen LogP contribution in [0.15, 0.2) is 117 Å². The Hall–Kier alpha value is -4.41. The number of hydrogen-bond donors (Lipinski definition) is 1. The number of rotatable bonds is 10. The van der Waals surface area contributed by atoms with Crippen molar-refractivity contribution in [2.45, 2.75) is 11.8 Å². The number of amides is 1. The lowest BCUT2D eigenvalue weighted by Gasteiger charge is -2.13. The number of fused-ring (bicyclic) bond motifs is 1. The molecule has 0 spiro atoms. The molecule has 0 aliphatic rings. The fourth-order valence-electron chi connectivity index (χ4n) is 3.99. The maximum Gasteiger partial charge on any atom is 0.266 e. The number of benzene rings is 4. The van der Waals surface area contributed by atoms with E-state index in [-0.39, 0.29) is 17.2 Å². The van der Waals surface area contributed by atoms with Gasteiger partial charge in [0, 0.05) is 4.47 Å². The zero-order valence-electron chi connectivity index (χ0n) is 22.0. The zero-order chi connectivity index (χ0) is 28.6. The summed E-state index contributed by atoms with van der Waals surface area (Å²) < 4.78 is 13.8. The molecule has 5 aromatic rings. The number of carbonyl (C=O) groups is 1. The lowest BCUT2D eigenvalue weighted by molar-refractivity contribution is -0.118. The molecule has 8 nitrogen and oxygen atoms in total. The Labute approximate surface area is 249 Å². The molecule has 41 heavy (non-hydrogen) atoms. The standard InChI is InChI=1S/C31H25BrN4O4S/c1-39-28-17-22(11-16-27(28)40-19-21-7-3-2-4-8-21)18-33-35-29(37)20-41-31-34-26-10-6-5-9-25(26)30(38)36(31)24-14-12-23(32)13-15-24/h2-18H,19-20H2,1H3,(H,35,37)/b33-18+. The van der Waals surface area contributed by atoms with E-state index in [1.807, 2.05) is 66.7 Å². The van der Waals surface area contributed by atoms with Crippen LogP contribution in [0.1, 0.15) is 11.1 Å². The Morgan fingerprint density at radius 2 is 1.76 bits per heavy atom. The number of thioether (sulfide) groups is 1. The van der Waals surface area contributed by atoms with Crippen molar-refractivity contribution in [3.05, 3.63) is 123 Å². The minimum Gasteiger partial charge on any atom is -0.493 e. The maximum absolute atomic E-state index is 13.4. The zero-order valence-corrected chi connectivity index (χ0v) is 24.4. The summed E-state index contributed by atoms with van der Waals surface area (Å²) in [6.45, 7) is 0.417. The summed E-state index contributed by atoms with van der Waals surface area (Å²) in [7, 11) is 1.57. The first-order valence-corrected chi connectivity index (χ1v) is 14.4. The average molecular weight is 630 g/mol. The molecule has 4 aromatic carbocycles. The number of para-hydroxylation sites is 1. The predicted octanol–water partition coefficient (Wildman–Crippen LogP) is 5.98. The van der Waals surface area contributed by atoms with Crippen LogP contribution >= 0.6 is 27.7 Å². The summed E-state index contributed by atoms with van der Waals surface area (Å²) in [6.07, 6.45) is 1.53. The molecule has 1 amide bonds. The Morgan fingerprint density at radius 3 is 2.54 bits per heavy atom. The highest BCUT2D eigenvalue weighted by molar-refractivity contribution is 9.10. The van der Waals surface area contributed by atoms with Gasteiger partial charge >= 0.3 is 0 Å². The highest BCUT2D eigenvalue weighted by atomic mass is 79.9. The first kappa shape index (κ1) is 28.1. The second-order valence-electron chi connectivity index (χ2n) is 8.79. The molecule has 10 heteroatoms. The number of methoxy groups -OCH3 is 1. The molecule has 0 bridgehead atoms. The molecule has 0 unspecified atom stereocenters. The first-order chi connectivity index (χ1) is 20.0. The van der Waals surface area contributed by atoms with E-state index in [1.165, 1.54) is 10.8 Å². The lowest BCUT2D eigenvalue weighted by Crippen LogP contribution is -2.24. The topological polar surface area (TPSA) is 94.8 Å². The number of hydrazone groups is 1. The van der Waals surface area contributed by atoms with Crippen molar-refractivity contribution < 1.29 is 14.3 Å². The SMILES string of the molecule is COc1cc(/C=N/NC(=O)CSc2nc3ccccc3c(=O)n2-c2ccc(Br)cc2)ccc1OCc1ccccc1. The largest absolute Gasteiger partial charge is 0.493 e. The molecule has 1 heterocycles. The first-order valence-electron chi connectivity index (χ1n) is 12.6. The van der Waals surface area contributed by atoms with Crippen molar-refractivity contribution in [3.63, 3.8) is 0 Å². The van der Waals surface area contributed by atoms with Crippen molar-refractivity contribution in [3.8, 4) is 17.2 Å². The Bertz CT molecular complexity index is 1760. The van der Waals surface area contributed by atoms with Gasteiger partial charge in [-0.2, -0.15) is 5.10 Å². The molecule has 0 saturated carbocycles. The van der Waals surface area contributed by atoms with Crippen LogP contribution in [0.5, 0.6) is 11.5 Å². The van der Waals surface area contributed by atoms with Gasteiger partial charge in [0.05, 0.1) is 35.7 Å². The van der Waals surface area contributed by atoms with Crippen LogP contribution in [0.2, 0.25) is 0 Å². The number of nitrogens with one attached hydrogen (secondary N) is 1. The Kier molecular flexibility index (Phi) is 9.12. The van der Waals surface area contributed by atoms with Gasteiger partial charge in [-0.1, -0.05) is 70.2 Å². The summed E-state index contributed by atoms with van der Waals surface area (Å²) >= 11 is 4.58. The van der Waals surface area contributed by atoms with Gasteiger partial charge in [0.2, 0.25) is 0 Å². The molecule has 0 saturated heterocycles. The van der Waals surface area contributed by atoms with Crippen LogP contribution in [-0.4, -0.2) is 34.5 Å². The van der Waals surface area contributed by atoms with Crippen molar-refractivity contribution >= 4 is 50.7 Å². The van der Waals surface area contributed by atoms with E-state index in [1.54, 1.807) is 37.4 Å². The van der Waals surface area contributed by atoms with E-state index < -0.39 is 0 Å². The molecule has 1 aromatic heterocycles. The van der Waals surface area contributed by atoms with Gasteiger partial charge in [-0.25, -0.2) is 10.4 Å². The fraction of sp³-hybridized carbons (Fsp3) is 0.0968. The molecular formula is C31H25BrN4O4S. The minimum atomic E-state index is -0.342. The number of ether oxygens (including phenoxy) is 2. The van der Waals surface area contributed by atoms with Gasteiger partial charge in [0.25, 0.3) is 11.5 Å². The molecule has 0 fully saturated rings. The summed E-state index contributed by atoms with van der Waals surface area (Å²) in [5.74, 6) is 0.827. The van der Waals surface area contributed by atoms with Crippen LogP contribution in [0, 0.1) is 0 Å². The van der Waals surface area contributed by atoms with Gasteiger partial charge in [0.15, 0.2) is 16.7 Å². The second kappa shape index (κ2) is 13.3. The Morgan fingerprint density at radius 1 is 1.00 bits per heavy atom. The van der Waals surface area contributed by atoms with Gasteiger partial charge in [-0.3, -0.25) is 14.2 Å². The number of halogens is 1. The lowest BCUT2D eigenvalue weighted by atomic mass is 10.2. The van der Waals surface area contributed by atoms with E-state index in [0.717, 1.165) is 27.4 Å². The highest BCUT2D eigenvalue weighted by Gasteiger charge is 2.15. The van der Waals surface area contributed by atoms with Crippen LogP contribution in [0.4, 0.5) is 0 Å². The van der Waals surface area contributed by atoms with E-state index in [4.69, 9.17) is 9.47 Å². The van der Waals surface area contributed by atoms with Crippen LogP contribution in [0.25, 0.3) is 16.6 Å². The summed E-state index contributed by atoms with van der Waals surface area (Å²) in [5.41, 5.74) is 5.33.